The lowest BCUT2D eigenvalue weighted by Crippen LogP contribution is -2.66. The van der Waals surface area contributed by atoms with Crippen LogP contribution in [0.4, 0.5) is 4.79 Å². The van der Waals surface area contributed by atoms with Crippen LogP contribution in [0.1, 0.15) is 44.7 Å². The molecule has 4 rings (SSSR count). The molecule has 0 N–H and O–H groups in total. The van der Waals surface area contributed by atoms with Crippen LogP contribution in [-0.2, 0) is 38.1 Å². The molecule has 0 radical (unpaired) electrons. The van der Waals surface area contributed by atoms with Crippen LogP contribution in [0.2, 0.25) is 0 Å². The van der Waals surface area contributed by atoms with Gasteiger partial charge in [-0.05, 0) is 71.7 Å². The number of benzene rings is 2. The minimum absolute atomic E-state index is 0.00987. The van der Waals surface area contributed by atoms with E-state index in [1.807, 2.05) is 34.6 Å². The summed E-state index contributed by atoms with van der Waals surface area (Å²) in [4.78, 5) is 13.9. The summed E-state index contributed by atoms with van der Waals surface area (Å²) in [6.45, 7) is 9.37. The highest BCUT2D eigenvalue weighted by Crippen LogP contribution is 2.50. The average molecular weight is 596 g/mol. The second-order valence-electron chi connectivity index (χ2n) is 11.7. The monoisotopic (exact) mass is 595 g/mol. The molecule has 2 aliphatic rings. The fraction of sp³-hybridized carbons (Fsp3) is 0.536. The number of hydrogen-bond donors (Lipinski definition) is 0. The van der Waals surface area contributed by atoms with Gasteiger partial charge in [-0.15, -0.1) is 0 Å². The predicted octanol–water partition coefficient (Wildman–Crippen LogP) is 4.20. The maximum atomic E-state index is 12.7. The number of aryl methyl sites for hydroxylation is 2. The number of carbonyl (C=O) groups is 1. The van der Waals surface area contributed by atoms with Gasteiger partial charge in [0.25, 0.3) is 20.2 Å². The number of ether oxygens (including phenoxy) is 2. The SMILES string of the molecule is Cc1ccc(S(=O)(=O)OCC(COS(=O)(=O)c2ccc(C)cc2)OC2CC3(C2)CN(C(=O)OC(C)(C)C)C3)cc1. The third-order valence-electron chi connectivity index (χ3n) is 6.85. The topological polar surface area (TPSA) is 126 Å². The highest BCUT2D eigenvalue weighted by atomic mass is 32.2. The highest BCUT2D eigenvalue weighted by Gasteiger charge is 2.55. The third kappa shape index (κ3) is 7.61. The lowest BCUT2D eigenvalue weighted by Gasteiger charge is -2.58. The third-order valence-corrected chi connectivity index (χ3v) is 9.44. The van der Waals surface area contributed by atoms with Crippen molar-refractivity contribution in [1.29, 1.82) is 0 Å². The molecular weight excluding hydrogens is 558 g/mol. The van der Waals surface area contributed by atoms with Crippen molar-refractivity contribution in [3.8, 4) is 0 Å². The molecule has 1 aliphatic heterocycles. The van der Waals surface area contributed by atoms with Crippen LogP contribution >= 0.6 is 0 Å². The maximum absolute atomic E-state index is 12.7. The molecule has 0 bridgehead atoms. The zero-order chi connectivity index (χ0) is 29.3. The van der Waals surface area contributed by atoms with E-state index in [4.69, 9.17) is 17.8 Å². The molecule has 0 aromatic heterocycles. The van der Waals surface area contributed by atoms with E-state index in [0.29, 0.717) is 25.9 Å². The predicted molar refractivity (Wildman–Crippen MR) is 147 cm³/mol. The quantitative estimate of drug-likeness (QED) is 0.372. The van der Waals surface area contributed by atoms with Crippen molar-refractivity contribution in [3.63, 3.8) is 0 Å². The van der Waals surface area contributed by atoms with Gasteiger partial charge in [0.2, 0.25) is 0 Å². The maximum Gasteiger partial charge on any atom is 0.410 e. The van der Waals surface area contributed by atoms with Crippen molar-refractivity contribution in [2.24, 2.45) is 5.41 Å². The van der Waals surface area contributed by atoms with Crippen molar-refractivity contribution in [1.82, 2.24) is 4.90 Å². The molecule has 1 spiro atoms. The fourth-order valence-electron chi connectivity index (χ4n) is 4.76. The second-order valence-corrected chi connectivity index (χ2v) is 15.0. The Kier molecular flexibility index (Phi) is 8.68. The molecule has 2 aromatic carbocycles. The summed E-state index contributed by atoms with van der Waals surface area (Å²) in [5.41, 5.74) is 1.14. The van der Waals surface area contributed by atoms with E-state index < -0.39 is 45.2 Å². The van der Waals surface area contributed by atoms with E-state index in [9.17, 15) is 21.6 Å². The number of likely N-dealkylation sites (tertiary alicyclic amines) is 1. The summed E-state index contributed by atoms with van der Waals surface area (Å²) in [7, 11) is -8.20. The Morgan fingerprint density at radius 1 is 0.850 bits per heavy atom. The molecule has 10 nitrogen and oxygen atoms in total. The Balaban J connectivity index is 1.37. The first kappa shape index (κ1) is 30.4. The van der Waals surface area contributed by atoms with E-state index in [2.05, 4.69) is 0 Å². The van der Waals surface area contributed by atoms with Crippen molar-refractivity contribution < 1.29 is 39.5 Å². The Morgan fingerprint density at radius 2 is 1.27 bits per heavy atom. The molecule has 1 saturated heterocycles. The minimum atomic E-state index is -4.10. The number of nitrogens with zero attached hydrogens (tertiary/aromatic N) is 1. The van der Waals surface area contributed by atoms with Crippen LogP contribution in [0.25, 0.3) is 0 Å². The van der Waals surface area contributed by atoms with E-state index in [1.54, 1.807) is 29.2 Å². The summed E-state index contributed by atoms with van der Waals surface area (Å²) in [5, 5.41) is 0. The van der Waals surface area contributed by atoms with Gasteiger partial charge in [0.05, 0.1) is 29.1 Å². The van der Waals surface area contributed by atoms with Crippen molar-refractivity contribution in [2.45, 2.75) is 75.1 Å². The van der Waals surface area contributed by atoms with Crippen LogP contribution in [0, 0.1) is 19.3 Å². The van der Waals surface area contributed by atoms with Gasteiger partial charge in [-0.3, -0.25) is 8.37 Å². The molecule has 1 saturated carbocycles. The first-order valence-corrected chi connectivity index (χ1v) is 15.9. The van der Waals surface area contributed by atoms with Gasteiger partial charge < -0.3 is 14.4 Å². The van der Waals surface area contributed by atoms with Gasteiger partial charge in [0, 0.05) is 18.5 Å². The molecular formula is C28H37NO9S2. The van der Waals surface area contributed by atoms with E-state index in [0.717, 1.165) is 11.1 Å². The Morgan fingerprint density at radius 3 is 1.68 bits per heavy atom. The van der Waals surface area contributed by atoms with Crippen LogP contribution < -0.4 is 0 Å². The number of amides is 1. The van der Waals surface area contributed by atoms with Gasteiger partial charge in [-0.1, -0.05) is 35.4 Å². The molecule has 1 heterocycles. The Hall–Kier alpha value is -2.51. The molecule has 12 heteroatoms. The zero-order valence-corrected chi connectivity index (χ0v) is 25.1. The van der Waals surface area contributed by atoms with Crippen molar-refractivity contribution in [3.05, 3.63) is 59.7 Å². The molecule has 40 heavy (non-hydrogen) atoms. The zero-order valence-electron chi connectivity index (χ0n) is 23.5. The van der Waals surface area contributed by atoms with E-state index in [1.165, 1.54) is 24.3 Å². The molecule has 1 aliphatic carbocycles. The lowest BCUT2D eigenvalue weighted by atomic mass is 9.62. The largest absolute Gasteiger partial charge is 0.444 e. The Labute approximate surface area is 236 Å². The van der Waals surface area contributed by atoms with Crippen LogP contribution in [0.5, 0.6) is 0 Å². The smallest absolute Gasteiger partial charge is 0.410 e. The molecule has 2 aromatic rings. The molecule has 220 valence electrons. The summed E-state index contributed by atoms with van der Waals surface area (Å²) in [5.74, 6) is 0. The van der Waals surface area contributed by atoms with Crippen molar-refractivity contribution in [2.75, 3.05) is 26.3 Å². The van der Waals surface area contributed by atoms with Crippen LogP contribution in [0.15, 0.2) is 58.3 Å². The Bertz CT molecular complexity index is 1320. The van der Waals surface area contributed by atoms with Gasteiger partial charge in [0.15, 0.2) is 0 Å². The van der Waals surface area contributed by atoms with E-state index >= 15 is 0 Å². The standard InChI is InChI=1S/C28H37NO9S2/c1-20-6-10-24(11-7-20)39(31,32)35-16-23(17-36-40(33,34)25-12-8-21(2)9-13-25)37-22-14-28(15-22)18-29(19-28)26(30)38-27(3,4)5/h6-13,22-23H,14-19H2,1-5H3. The van der Waals surface area contributed by atoms with Gasteiger partial charge in [-0.25, -0.2) is 4.79 Å². The van der Waals surface area contributed by atoms with Crippen LogP contribution in [-0.4, -0.2) is 71.9 Å². The molecule has 0 atom stereocenters. The van der Waals surface area contributed by atoms with E-state index in [-0.39, 0.29) is 27.4 Å². The van der Waals surface area contributed by atoms with Gasteiger partial charge in [0.1, 0.15) is 11.7 Å². The summed E-state index contributed by atoms with van der Waals surface area (Å²) in [6.07, 6.45) is -0.312. The van der Waals surface area contributed by atoms with Gasteiger partial charge >= 0.3 is 6.09 Å². The summed E-state index contributed by atoms with van der Waals surface area (Å²) >= 11 is 0. The summed E-state index contributed by atoms with van der Waals surface area (Å²) in [6, 6.07) is 12.4. The van der Waals surface area contributed by atoms with Gasteiger partial charge in [-0.2, -0.15) is 16.8 Å². The normalized spacial score (nSPS) is 17.5. The number of rotatable bonds is 10. The molecule has 0 unspecified atom stereocenters. The second kappa shape index (κ2) is 11.4. The fourth-order valence-corrected chi connectivity index (χ4v) is 6.63. The lowest BCUT2D eigenvalue weighted by molar-refractivity contribution is -0.172. The highest BCUT2D eigenvalue weighted by molar-refractivity contribution is 7.87. The summed E-state index contributed by atoms with van der Waals surface area (Å²) < 4.78 is 73.0. The minimum Gasteiger partial charge on any atom is -0.444 e. The molecule has 1 amide bonds. The van der Waals surface area contributed by atoms with Crippen molar-refractivity contribution >= 4 is 26.3 Å². The first-order valence-electron chi connectivity index (χ1n) is 13.1. The number of carbonyl (C=O) groups excluding carboxylic acids is 1. The number of hydrogen-bond acceptors (Lipinski definition) is 9. The van der Waals surface area contributed by atoms with Crippen LogP contribution in [0.3, 0.4) is 0 Å². The average Bonchev–Trinajstić information content (AvgIpc) is 2.80. The molecule has 2 fully saturated rings. The first-order chi connectivity index (χ1) is 18.6.